The van der Waals surface area contributed by atoms with Gasteiger partial charge in [0.1, 0.15) is 0 Å². The molecular weight excluding hydrogens is 261 g/mol. The third-order valence-corrected chi connectivity index (χ3v) is 4.23. The van der Waals surface area contributed by atoms with E-state index in [0.29, 0.717) is 18.5 Å². The van der Waals surface area contributed by atoms with Crippen molar-refractivity contribution < 1.29 is 13.2 Å². The van der Waals surface area contributed by atoms with Gasteiger partial charge in [0.25, 0.3) is 0 Å². The summed E-state index contributed by atoms with van der Waals surface area (Å²) in [4.78, 5) is 2.16. The minimum Gasteiger partial charge on any atom is -0.312 e. The predicted molar refractivity (Wildman–Crippen MR) is 70.8 cm³/mol. The van der Waals surface area contributed by atoms with Crippen LogP contribution in [0.2, 0.25) is 0 Å². The van der Waals surface area contributed by atoms with Gasteiger partial charge >= 0.3 is 5.51 Å². The lowest BCUT2D eigenvalue weighted by atomic mass is 9.99. The lowest BCUT2D eigenvalue weighted by molar-refractivity contribution is -0.0328. The van der Waals surface area contributed by atoms with Crippen LogP contribution in [0.5, 0.6) is 0 Å². The molecular formula is C12H23F3N2S. The number of halogens is 3. The monoisotopic (exact) mass is 284 g/mol. The third kappa shape index (κ3) is 6.29. The first kappa shape index (κ1) is 16.1. The Morgan fingerprint density at radius 3 is 2.78 bits per heavy atom. The molecule has 1 aliphatic rings. The Morgan fingerprint density at radius 1 is 1.44 bits per heavy atom. The molecule has 2 atom stereocenters. The molecule has 108 valence electrons. The second-order valence-electron chi connectivity index (χ2n) is 4.89. The van der Waals surface area contributed by atoms with E-state index in [1.165, 1.54) is 0 Å². The average Bonchev–Trinajstić information content (AvgIpc) is 2.52. The van der Waals surface area contributed by atoms with E-state index in [1.54, 1.807) is 0 Å². The summed E-state index contributed by atoms with van der Waals surface area (Å²) in [5, 5.41) is 3.50. The first-order valence-corrected chi connectivity index (χ1v) is 7.57. The van der Waals surface area contributed by atoms with Crippen molar-refractivity contribution in [2.45, 2.75) is 38.2 Å². The summed E-state index contributed by atoms with van der Waals surface area (Å²) in [5.74, 6) is 0.706. The third-order valence-electron chi connectivity index (χ3n) is 3.52. The molecule has 0 radical (unpaired) electrons. The van der Waals surface area contributed by atoms with Gasteiger partial charge in [0.05, 0.1) is 0 Å². The molecule has 18 heavy (non-hydrogen) atoms. The van der Waals surface area contributed by atoms with E-state index >= 15 is 0 Å². The number of nitrogens with zero attached hydrogens (tertiary/aromatic N) is 1. The number of nitrogens with one attached hydrogen (secondary N) is 1. The molecule has 6 heteroatoms. The standard InChI is InChI=1S/C12H23F3N2S/c1-3-10(2)11-9-17(6-4-5-16-11)7-8-18-12(13,14)15/h10-11,16H,3-9H2,1-2H3. The maximum atomic E-state index is 12.1. The van der Waals surface area contributed by atoms with Gasteiger partial charge in [-0.3, -0.25) is 0 Å². The van der Waals surface area contributed by atoms with E-state index in [9.17, 15) is 13.2 Å². The topological polar surface area (TPSA) is 15.3 Å². The van der Waals surface area contributed by atoms with Gasteiger partial charge in [-0.1, -0.05) is 20.3 Å². The second kappa shape index (κ2) is 7.60. The molecule has 2 unspecified atom stereocenters. The highest BCUT2D eigenvalue weighted by Gasteiger charge is 2.28. The highest BCUT2D eigenvalue weighted by atomic mass is 32.2. The van der Waals surface area contributed by atoms with Crippen LogP contribution in [0.15, 0.2) is 0 Å². The van der Waals surface area contributed by atoms with Crippen LogP contribution >= 0.6 is 11.8 Å². The Morgan fingerprint density at radius 2 is 2.17 bits per heavy atom. The smallest absolute Gasteiger partial charge is 0.312 e. The van der Waals surface area contributed by atoms with E-state index in [-0.39, 0.29) is 17.5 Å². The molecule has 0 amide bonds. The van der Waals surface area contributed by atoms with Gasteiger partial charge < -0.3 is 10.2 Å². The molecule has 1 fully saturated rings. The quantitative estimate of drug-likeness (QED) is 0.835. The van der Waals surface area contributed by atoms with Crippen LogP contribution in [0.1, 0.15) is 26.7 Å². The number of rotatable bonds is 5. The van der Waals surface area contributed by atoms with Crippen molar-refractivity contribution >= 4 is 11.8 Å². The van der Waals surface area contributed by atoms with Gasteiger partial charge in [0, 0.05) is 24.9 Å². The summed E-state index contributed by atoms with van der Waals surface area (Å²) in [5.41, 5.74) is -4.10. The molecule has 0 saturated carbocycles. The van der Waals surface area contributed by atoms with Crippen LogP contribution in [0, 0.1) is 5.92 Å². The van der Waals surface area contributed by atoms with Crippen molar-refractivity contribution in [1.82, 2.24) is 10.2 Å². The maximum Gasteiger partial charge on any atom is 0.441 e. The molecule has 0 spiro atoms. The lowest BCUT2D eigenvalue weighted by Gasteiger charge is -2.28. The minimum absolute atomic E-state index is 0.0873. The Bertz CT molecular complexity index is 236. The zero-order valence-electron chi connectivity index (χ0n) is 11.1. The van der Waals surface area contributed by atoms with E-state index in [0.717, 1.165) is 32.5 Å². The number of hydrogen-bond acceptors (Lipinski definition) is 3. The minimum atomic E-state index is -4.10. The van der Waals surface area contributed by atoms with Crippen molar-refractivity contribution in [2.75, 3.05) is 31.9 Å². The Hall–Kier alpha value is 0.0600. The van der Waals surface area contributed by atoms with Gasteiger partial charge in [0.2, 0.25) is 0 Å². The summed E-state index contributed by atoms with van der Waals surface area (Å²) in [6, 6.07) is 0.411. The van der Waals surface area contributed by atoms with Gasteiger partial charge in [0.15, 0.2) is 0 Å². The highest BCUT2D eigenvalue weighted by molar-refractivity contribution is 8.00. The summed E-state index contributed by atoms with van der Waals surface area (Å²) in [6.07, 6.45) is 2.12. The first-order chi connectivity index (χ1) is 8.42. The molecule has 0 aromatic heterocycles. The lowest BCUT2D eigenvalue weighted by Crippen LogP contribution is -2.42. The van der Waals surface area contributed by atoms with Crippen molar-refractivity contribution in [3.63, 3.8) is 0 Å². The number of hydrogen-bond donors (Lipinski definition) is 1. The van der Waals surface area contributed by atoms with E-state index in [4.69, 9.17) is 0 Å². The normalized spacial score (nSPS) is 24.8. The van der Waals surface area contributed by atoms with E-state index < -0.39 is 5.51 Å². The molecule has 0 aromatic rings. The maximum absolute atomic E-state index is 12.1. The Labute approximate surface area is 112 Å². The molecule has 1 saturated heterocycles. The molecule has 2 nitrogen and oxygen atoms in total. The second-order valence-corrected chi connectivity index (χ2v) is 6.05. The number of thioether (sulfide) groups is 1. The predicted octanol–water partition coefficient (Wildman–Crippen LogP) is 2.95. The van der Waals surface area contributed by atoms with Crippen molar-refractivity contribution in [2.24, 2.45) is 5.92 Å². The SMILES string of the molecule is CCC(C)C1CN(CCSC(F)(F)F)CCCN1. The van der Waals surface area contributed by atoms with Crippen LogP contribution in [0.3, 0.4) is 0 Å². The van der Waals surface area contributed by atoms with Gasteiger partial charge in [-0.15, -0.1) is 0 Å². The molecule has 0 aromatic carbocycles. The summed E-state index contributed by atoms with van der Waals surface area (Å²) in [7, 11) is 0. The molecule has 1 heterocycles. The van der Waals surface area contributed by atoms with Crippen LogP contribution < -0.4 is 5.32 Å². The highest BCUT2D eigenvalue weighted by Crippen LogP contribution is 2.29. The van der Waals surface area contributed by atoms with Crippen molar-refractivity contribution in [3.05, 3.63) is 0 Å². The van der Waals surface area contributed by atoms with Crippen LogP contribution in [-0.4, -0.2) is 48.4 Å². The Balaban J connectivity index is 2.35. The fourth-order valence-corrected chi connectivity index (χ4v) is 2.76. The molecule has 1 rings (SSSR count). The zero-order chi connectivity index (χ0) is 13.6. The summed E-state index contributed by atoms with van der Waals surface area (Å²) < 4.78 is 36.2. The summed E-state index contributed by atoms with van der Waals surface area (Å²) >= 11 is 0.0873. The van der Waals surface area contributed by atoms with Crippen LogP contribution in [0.4, 0.5) is 13.2 Å². The molecule has 0 aliphatic carbocycles. The first-order valence-electron chi connectivity index (χ1n) is 6.58. The summed E-state index contributed by atoms with van der Waals surface area (Å²) in [6.45, 7) is 7.62. The van der Waals surface area contributed by atoms with Crippen LogP contribution in [0.25, 0.3) is 0 Å². The fraction of sp³-hybridized carbons (Fsp3) is 1.00. The van der Waals surface area contributed by atoms with Gasteiger partial charge in [-0.2, -0.15) is 13.2 Å². The molecule has 0 bridgehead atoms. The average molecular weight is 284 g/mol. The van der Waals surface area contributed by atoms with Gasteiger partial charge in [-0.25, -0.2) is 0 Å². The van der Waals surface area contributed by atoms with Crippen molar-refractivity contribution in [3.8, 4) is 0 Å². The zero-order valence-corrected chi connectivity index (χ0v) is 11.9. The largest absolute Gasteiger partial charge is 0.441 e. The number of alkyl halides is 3. The van der Waals surface area contributed by atoms with Crippen LogP contribution in [-0.2, 0) is 0 Å². The molecule has 1 N–H and O–H groups in total. The molecule has 1 aliphatic heterocycles. The van der Waals surface area contributed by atoms with E-state index in [1.807, 2.05) is 0 Å². The van der Waals surface area contributed by atoms with Gasteiger partial charge in [-0.05, 0) is 37.2 Å². The Kier molecular flexibility index (Phi) is 6.81. The fourth-order valence-electron chi connectivity index (χ4n) is 2.18. The van der Waals surface area contributed by atoms with Crippen molar-refractivity contribution in [1.29, 1.82) is 0 Å². The van der Waals surface area contributed by atoms with E-state index in [2.05, 4.69) is 24.1 Å².